The lowest BCUT2D eigenvalue weighted by Gasteiger charge is -2.32. The van der Waals surface area contributed by atoms with Crippen LogP contribution in [0, 0.1) is 12.8 Å². The molecule has 1 heterocycles. The molecule has 21 heavy (non-hydrogen) atoms. The summed E-state index contributed by atoms with van der Waals surface area (Å²) in [5.74, 6) is 0.252. The fraction of sp³-hybridized carbons (Fsp3) is 0.529. The number of rotatable bonds is 4. The fourth-order valence-corrected chi connectivity index (χ4v) is 2.86. The molecule has 0 unspecified atom stereocenters. The van der Waals surface area contributed by atoms with Gasteiger partial charge in [0.15, 0.2) is 0 Å². The molecule has 1 N–H and O–H groups in total. The van der Waals surface area contributed by atoms with Crippen molar-refractivity contribution in [1.29, 1.82) is 0 Å². The highest BCUT2D eigenvalue weighted by atomic mass is 16.2. The minimum absolute atomic E-state index is 0.0475. The molecule has 0 aromatic heterocycles. The van der Waals surface area contributed by atoms with E-state index in [9.17, 15) is 9.59 Å². The Hall–Kier alpha value is -1.84. The maximum Gasteiger partial charge on any atom is 0.225 e. The lowest BCUT2D eigenvalue weighted by molar-refractivity contribution is -0.138. The Labute approximate surface area is 125 Å². The molecule has 2 amide bonds. The van der Waals surface area contributed by atoms with E-state index in [1.54, 1.807) is 0 Å². The van der Waals surface area contributed by atoms with Crippen molar-refractivity contribution in [2.24, 2.45) is 5.92 Å². The normalized spacial score (nSPS) is 22.2. The molecule has 2 aliphatic rings. The molecular formula is C17H22N2O2. The van der Waals surface area contributed by atoms with E-state index in [4.69, 9.17) is 0 Å². The van der Waals surface area contributed by atoms with Gasteiger partial charge in [0.1, 0.15) is 0 Å². The predicted molar refractivity (Wildman–Crippen MR) is 80.5 cm³/mol. The molecule has 3 rings (SSSR count). The number of hydrogen-bond acceptors (Lipinski definition) is 2. The van der Waals surface area contributed by atoms with Crippen molar-refractivity contribution in [2.45, 2.75) is 45.2 Å². The van der Waals surface area contributed by atoms with Crippen LogP contribution in [0.3, 0.4) is 0 Å². The number of benzene rings is 1. The third kappa shape index (κ3) is 3.43. The van der Waals surface area contributed by atoms with E-state index in [-0.39, 0.29) is 17.7 Å². The maximum absolute atomic E-state index is 12.3. The predicted octanol–water partition coefficient (Wildman–Crippen LogP) is 2.01. The molecule has 1 aromatic carbocycles. The number of hydrogen-bond donors (Lipinski definition) is 1. The van der Waals surface area contributed by atoms with E-state index in [0.29, 0.717) is 32.0 Å². The molecule has 1 aromatic rings. The van der Waals surface area contributed by atoms with E-state index in [1.807, 2.05) is 24.0 Å². The summed E-state index contributed by atoms with van der Waals surface area (Å²) in [6.45, 7) is 3.21. The van der Waals surface area contributed by atoms with Crippen LogP contribution in [0.15, 0.2) is 24.3 Å². The highest BCUT2D eigenvalue weighted by Gasteiger charge is 2.38. The molecule has 1 aliphatic heterocycles. The number of carbonyl (C=O) groups is 2. The van der Waals surface area contributed by atoms with Gasteiger partial charge in [0, 0.05) is 25.6 Å². The first-order chi connectivity index (χ1) is 10.1. The summed E-state index contributed by atoms with van der Waals surface area (Å²) < 4.78 is 0. The van der Waals surface area contributed by atoms with E-state index in [1.165, 1.54) is 5.56 Å². The molecule has 1 saturated carbocycles. The SMILES string of the molecule is Cc1ccc(CNC(=O)[C@@H]2CCC(=O)N(C3CC3)C2)cc1. The van der Waals surface area contributed by atoms with Crippen LogP contribution in [-0.2, 0) is 16.1 Å². The highest BCUT2D eigenvalue weighted by Crippen LogP contribution is 2.31. The van der Waals surface area contributed by atoms with Crippen LogP contribution in [0.1, 0.15) is 36.8 Å². The van der Waals surface area contributed by atoms with Gasteiger partial charge in [-0.1, -0.05) is 29.8 Å². The van der Waals surface area contributed by atoms with Crippen LogP contribution < -0.4 is 5.32 Å². The number of amides is 2. The van der Waals surface area contributed by atoms with Gasteiger partial charge in [-0.3, -0.25) is 9.59 Å². The Balaban J connectivity index is 1.53. The Bertz CT molecular complexity index is 534. The molecule has 2 fully saturated rings. The van der Waals surface area contributed by atoms with Crippen LogP contribution in [0.4, 0.5) is 0 Å². The molecule has 1 aliphatic carbocycles. The Kier molecular flexibility index (Phi) is 3.95. The van der Waals surface area contributed by atoms with Crippen LogP contribution in [0.5, 0.6) is 0 Å². The van der Waals surface area contributed by atoms with Gasteiger partial charge in [-0.25, -0.2) is 0 Å². The summed E-state index contributed by atoms with van der Waals surface area (Å²) in [5.41, 5.74) is 2.33. The summed E-state index contributed by atoms with van der Waals surface area (Å²) in [6, 6.07) is 8.59. The van der Waals surface area contributed by atoms with Crippen molar-refractivity contribution in [1.82, 2.24) is 10.2 Å². The van der Waals surface area contributed by atoms with E-state index in [0.717, 1.165) is 18.4 Å². The third-order valence-electron chi connectivity index (χ3n) is 4.39. The van der Waals surface area contributed by atoms with Crippen LogP contribution in [-0.4, -0.2) is 29.3 Å². The Morgan fingerprint density at radius 3 is 2.62 bits per heavy atom. The van der Waals surface area contributed by atoms with Crippen LogP contribution >= 0.6 is 0 Å². The number of piperidine rings is 1. The van der Waals surface area contributed by atoms with E-state index >= 15 is 0 Å². The number of aryl methyl sites for hydroxylation is 1. The van der Waals surface area contributed by atoms with Crippen LogP contribution in [0.2, 0.25) is 0 Å². The largest absolute Gasteiger partial charge is 0.352 e. The smallest absolute Gasteiger partial charge is 0.225 e. The summed E-state index contributed by atoms with van der Waals surface area (Å²) in [5, 5.41) is 3.01. The zero-order chi connectivity index (χ0) is 14.8. The van der Waals surface area contributed by atoms with Gasteiger partial charge in [-0.05, 0) is 31.7 Å². The lowest BCUT2D eigenvalue weighted by Crippen LogP contribution is -2.46. The summed E-state index contributed by atoms with van der Waals surface area (Å²) in [4.78, 5) is 26.1. The first-order valence-corrected chi connectivity index (χ1v) is 7.76. The second-order valence-electron chi connectivity index (χ2n) is 6.22. The number of nitrogens with one attached hydrogen (secondary N) is 1. The molecule has 1 saturated heterocycles. The summed E-state index contributed by atoms with van der Waals surface area (Å²) in [6.07, 6.45) is 3.40. The topological polar surface area (TPSA) is 49.4 Å². The lowest BCUT2D eigenvalue weighted by atomic mass is 9.96. The molecule has 1 atom stereocenters. The highest BCUT2D eigenvalue weighted by molar-refractivity contribution is 5.84. The number of carbonyl (C=O) groups excluding carboxylic acids is 2. The zero-order valence-electron chi connectivity index (χ0n) is 12.5. The van der Waals surface area contributed by atoms with Gasteiger partial charge in [0.2, 0.25) is 11.8 Å². The van der Waals surface area contributed by atoms with E-state index in [2.05, 4.69) is 17.4 Å². The minimum Gasteiger partial charge on any atom is -0.352 e. The van der Waals surface area contributed by atoms with Gasteiger partial charge in [0.25, 0.3) is 0 Å². The van der Waals surface area contributed by atoms with Gasteiger partial charge < -0.3 is 10.2 Å². The van der Waals surface area contributed by atoms with E-state index < -0.39 is 0 Å². The summed E-state index contributed by atoms with van der Waals surface area (Å²) >= 11 is 0. The molecular weight excluding hydrogens is 264 g/mol. The van der Waals surface area contributed by atoms with Crippen molar-refractivity contribution in [2.75, 3.05) is 6.54 Å². The number of nitrogens with zero attached hydrogens (tertiary/aromatic N) is 1. The third-order valence-corrected chi connectivity index (χ3v) is 4.39. The fourth-order valence-electron chi connectivity index (χ4n) is 2.86. The van der Waals surface area contributed by atoms with Crippen LogP contribution in [0.25, 0.3) is 0 Å². The molecule has 4 heteroatoms. The monoisotopic (exact) mass is 286 g/mol. The molecule has 112 valence electrons. The minimum atomic E-state index is -0.0475. The Morgan fingerprint density at radius 2 is 1.95 bits per heavy atom. The van der Waals surface area contributed by atoms with Gasteiger partial charge >= 0.3 is 0 Å². The first kappa shape index (κ1) is 14.1. The van der Waals surface area contributed by atoms with Gasteiger partial charge in [-0.2, -0.15) is 0 Å². The maximum atomic E-state index is 12.3. The zero-order valence-corrected chi connectivity index (χ0v) is 12.5. The quantitative estimate of drug-likeness (QED) is 0.920. The first-order valence-electron chi connectivity index (χ1n) is 7.76. The van der Waals surface area contributed by atoms with Gasteiger partial charge in [0.05, 0.1) is 5.92 Å². The van der Waals surface area contributed by atoms with Crippen molar-refractivity contribution in [3.8, 4) is 0 Å². The standard InChI is InChI=1S/C17H22N2O2/c1-12-2-4-13(5-3-12)10-18-17(21)14-6-9-16(20)19(11-14)15-7-8-15/h2-5,14-15H,6-11H2,1H3,(H,18,21)/t14-/m1/s1. The number of likely N-dealkylation sites (tertiary alicyclic amines) is 1. The average molecular weight is 286 g/mol. The molecule has 0 spiro atoms. The van der Waals surface area contributed by atoms with Gasteiger partial charge in [-0.15, -0.1) is 0 Å². The molecule has 0 bridgehead atoms. The van der Waals surface area contributed by atoms with Crippen molar-refractivity contribution < 1.29 is 9.59 Å². The summed E-state index contributed by atoms with van der Waals surface area (Å²) in [7, 11) is 0. The van der Waals surface area contributed by atoms with Crippen molar-refractivity contribution in [3.63, 3.8) is 0 Å². The molecule has 4 nitrogen and oxygen atoms in total. The van der Waals surface area contributed by atoms with Crippen molar-refractivity contribution in [3.05, 3.63) is 35.4 Å². The Morgan fingerprint density at radius 1 is 1.24 bits per heavy atom. The van der Waals surface area contributed by atoms with Crippen molar-refractivity contribution >= 4 is 11.8 Å². The average Bonchev–Trinajstić information content (AvgIpc) is 3.31. The second-order valence-corrected chi connectivity index (χ2v) is 6.22. The molecule has 0 radical (unpaired) electrons. The second kappa shape index (κ2) is 5.88.